The van der Waals surface area contributed by atoms with Gasteiger partial charge < -0.3 is 10.1 Å². The molecule has 0 aromatic heterocycles. The molecule has 1 aromatic carbocycles. The van der Waals surface area contributed by atoms with Crippen molar-refractivity contribution in [3.8, 4) is 5.75 Å². The minimum absolute atomic E-state index is 0.406. The monoisotopic (exact) mass is 259 g/mol. The second-order valence-electron chi connectivity index (χ2n) is 6.21. The highest BCUT2D eigenvalue weighted by Gasteiger charge is 2.32. The summed E-state index contributed by atoms with van der Waals surface area (Å²) in [4.78, 5) is 0. The molecular weight excluding hydrogens is 234 g/mol. The smallest absolute Gasteiger partial charge is 0.120 e. The average Bonchev–Trinajstić information content (AvgIpc) is 2.37. The van der Waals surface area contributed by atoms with Gasteiger partial charge in [0.1, 0.15) is 11.9 Å². The van der Waals surface area contributed by atoms with Gasteiger partial charge in [0.05, 0.1) is 0 Å². The maximum absolute atomic E-state index is 6.28. The van der Waals surface area contributed by atoms with Crippen LogP contribution in [0, 0.1) is 6.92 Å². The van der Waals surface area contributed by atoms with Crippen LogP contribution < -0.4 is 10.1 Å². The van der Waals surface area contributed by atoms with E-state index in [-0.39, 0.29) is 0 Å². The third kappa shape index (κ3) is 3.11. The van der Waals surface area contributed by atoms with E-state index in [2.05, 4.69) is 37.4 Å². The quantitative estimate of drug-likeness (QED) is 0.895. The van der Waals surface area contributed by atoms with Gasteiger partial charge in [0, 0.05) is 12.1 Å². The van der Waals surface area contributed by atoms with Gasteiger partial charge in [0.2, 0.25) is 0 Å². The number of rotatable bonds is 3. The molecule has 0 radical (unpaired) electrons. The van der Waals surface area contributed by atoms with Gasteiger partial charge in [-0.15, -0.1) is 0 Å². The number of nitrogens with one attached hydrogen (secondary N) is 1. The Hall–Kier alpha value is -1.02. The summed E-state index contributed by atoms with van der Waals surface area (Å²) in [6, 6.07) is 8.02. The Morgan fingerprint density at radius 3 is 2.58 bits per heavy atom. The fraction of sp³-hybridized carbons (Fsp3) is 0.647. The van der Waals surface area contributed by atoms with Crippen molar-refractivity contribution in [1.29, 1.82) is 0 Å². The zero-order chi connectivity index (χ0) is 13.2. The number of piperidine rings is 2. The SMILES string of the molecule is CCc1cc(C)cc(OC2C[C@H]3CCC[C@@H](C2)N3)c1. The maximum atomic E-state index is 6.28. The van der Waals surface area contributed by atoms with Crippen LogP contribution in [0.15, 0.2) is 18.2 Å². The topological polar surface area (TPSA) is 21.3 Å². The van der Waals surface area contributed by atoms with Gasteiger partial charge in [0.15, 0.2) is 0 Å². The number of hydrogen-bond donors (Lipinski definition) is 1. The lowest BCUT2D eigenvalue weighted by atomic mass is 9.85. The molecule has 2 bridgehead atoms. The summed E-state index contributed by atoms with van der Waals surface area (Å²) in [5.41, 5.74) is 2.69. The van der Waals surface area contributed by atoms with E-state index in [0.717, 1.165) is 12.2 Å². The Labute approximate surface area is 116 Å². The molecule has 3 rings (SSSR count). The molecule has 0 amide bonds. The average molecular weight is 259 g/mol. The summed E-state index contributed by atoms with van der Waals surface area (Å²) in [5.74, 6) is 1.07. The van der Waals surface area contributed by atoms with E-state index >= 15 is 0 Å². The van der Waals surface area contributed by atoms with E-state index in [1.165, 1.54) is 43.2 Å². The molecule has 1 aromatic rings. The van der Waals surface area contributed by atoms with Gasteiger partial charge in [-0.25, -0.2) is 0 Å². The fourth-order valence-electron chi connectivity index (χ4n) is 3.60. The highest BCUT2D eigenvalue weighted by Crippen LogP contribution is 2.29. The van der Waals surface area contributed by atoms with Crippen LogP contribution in [-0.4, -0.2) is 18.2 Å². The Bertz CT molecular complexity index is 431. The Kier molecular flexibility index (Phi) is 3.79. The molecule has 2 aliphatic rings. The second-order valence-corrected chi connectivity index (χ2v) is 6.21. The first kappa shape index (κ1) is 13.0. The number of hydrogen-bond acceptors (Lipinski definition) is 2. The van der Waals surface area contributed by atoms with Crippen molar-refractivity contribution in [3.05, 3.63) is 29.3 Å². The van der Waals surface area contributed by atoms with Gasteiger partial charge in [0.25, 0.3) is 0 Å². The molecule has 1 N–H and O–H groups in total. The zero-order valence-electron chi connectivity index (χ0n) is 12.1. The van der Waals surface area contributed by atoms with Crippen LogP contribution in [-0.2, 0) is 6.42 Å². The minimum atomic E-state index is 0.406. The van der Waals surface area contributed by atoms with Gasteiger partial charge in [-0.2, -0.15) is 0 Å². The van der Waals surface area contributed by atoms with Crippen molar-refractivity contribution in [2.45, 2.75) is 70.6 Å². The third-order valence-corrected chi connectivity index (χ3v) is 4.49. The number of ether oxygens (including phenoxy) is 1. The molecule has 0 saturated carbocycles. The molecule has 2 heterocycles. The van der Waals surface area contributed by atoms with E-state index in [9.17, 15) is 0 Å². The molecule has 2 heteroatoms. The lowest BCUT2D eigenvalue weighted by molar-refractivity contribution is 0.0926. The lowest BCUT2D eigenvalue weighted by Crippen LogP contribution is -2.51. The maximum Gasteiger partial charge on any atom is 0.120 e. The van der Waals surface area contributed by atoms with Crippen LogP contribution in [0.4, 0.5) is 0 Å². The fourth-order valence-corrected chi connectivity index (χ4v) is 3.60. The molecule has 2 saturated heterocycles. The molecule has 3 atom stereocenters. The molecule has 0 spiro atoms. The van der Waals surface area contributed by atoms with Crippen molar-refractivity contribution in [2.75, 3.05) is 0 Å². The highest BCUT2D eigenvalue weighted by molar-refractivity contribution is 5.34. The van der Waals surface area contributed by atoms with Crippen LogP contribution in [0.1, 0.15) is 50.2 Å². The van der Waals surface area contributed by atoms with Gasteiger partial charge in [-0.1, -0.05) is 19.4 Å². The lowest BCUT2D eigenvalue weighted by Gasteiger charge is -2.40. The van der Waals surface area contributed by atoms with E-state index < -0.39 is 0 Å². The first-order chi connectivity index (χ1) is 9.22. The van der Waals surface area contributed by atoms with Gasteiger partial charge >= 0.3 is 0 Å². The summed E-state index contributed by atoms with van der Waals surface area (Å²) in [7, 11) is 0. The van der Waals surface area contributed by atoms with Crippen molar-refractivity contribution in [3.63, 3.8) is 0 Å². The second kappa shape index (κ2) is 5.54. The van der Waals surface area contributed by atoms with E-state index in [4.69, 9.17) is 4.74 Å². The number of benzene rings is 1. The Morgan fingerprint density at radius 2 is 1.89 bits per heavy atom. The Balaban J connectivity index is 1.69. The molecule has 19 heavy (non-hydrogen) atoms. The summed E-state index contributed by atoms with van der Waals surface area (Å²) >= 11 is 0. The van der Waals surface area contributed by atoms with Gasteiger partial charge in [-0.05, 0) is 62.3 Å². The Morgan fingerprint density at radius 1 is 1.16 bits per heavy atom. The first-order valence-electron chi connectivity index (χ1n) is 7.76. The van der Waals surface area contributed by atoms with Crippen molar-refractivity contribution < 1.29 is 4.74 Å². The molecule has 2 aliphatic heterocycles. The molecule has 0 aliphatic carbocycles. The zero-order valence-corrected chi connectivity index (χ0v) is 12.1. The first-order valence-corrected chi connectivity index (χ1v) is 7.76. The van der Waals surface area contributed by atoms with Crippen molar-refractivity contribution >= 4 is 0 Å². The standard InChI is InChI=1S/C17H25NO/c1-3-13-7-12(2)8-16(9-13)19-17-10-14-5-4-6-15(11-17)18-14/h7-9,14-15,17-18H,3-6,10-11H2,1-2H3/t14-,15+,17?. The molecule has 1 unspecified atom stereocenters. The highest BCUT2D eigenvalue weighted by atomic mass is 16.5. The van der Waals surface area contributed by atoms with Crippen LogP contribution in [0.25, 0.3) is 0 Å². The van der Waals surface area contributed by atoms with Crippen LogP contribution in [0.5, 0.6) is 5.75 Å². The largest absolute Gasteiger partial charge is 0.490 e. The van der Waals surface area contributed by atoms with E-state index in [1.807, 2.05) is 0 Å². The molecule has 2 fully saturated rings. The number of aryl methyl sites for hydroxylation is 2. The van der Waals surface area contributed by atoms with Crippen LogP contribution in [0.3, 0.4) is 0 Å². The predicted octanol–water partition coefficient (Wildman–Crippen LogP) is 3.61. The predicted molar refractivity (Wildman–Crippen MR) is 78.8 cm³/mol. The minimum Gasteiger partial charge on any atom is -0.490 e. The molecule has 104 valence electrons. The van der Waals surface area contributed by atoms with Gasteiger partial charge in [-0.3, -0.25) is 0 Å². The van der Waals surface area contributed by atoms with Crippen LogP contribution in [0.2, 0.25) is 0 Å². The third-order valence-electron chi connectivity index (χ3n) is 4.49. The number of fused-ring (bicyclic) bond motifs is 2. The summed E-state index contributed by atoms with van der Waals surface area (Å²) in [6.45, 7) is 4.36. The molecular formula is C17H25NO. The van der Waals surface area contributed by atoms with Crippen molar-refractivity contribution in [2.24, 2.45) is 0 Å². The van der Waals surface area contributed by atoms with Crippen molar-refractivity contribution in [1.82, 2.24) is 5.32 Å². The van der Waals surface area contributed by atoms with E-state index in [1.54, 1.807) is 0 Å². The van der Waals surface area contributed by atoms with E-state index in [0.29, 0.717) is 18.2 Å². The normalized spacial score (nSPS) is 30.1. The van der Waals surface area contributed by atoms with Crippen LogP contribution >= 0.6 is 0 Å². The summed E-state index contributed by atoms with van der Waals surface area (Å²) < 4.78 is 6.28. The summed E-state index contributed by atoms with van der Waals surface area (Å²) in [5, 5.41) is 3.72. The molecule has 2 nitrogen and oxygen atoms in total. The summed E-state index contributed by atoms with van der Waals surface area (Å²) in [6.07, 6.45) is 7.87.